The summed E-state index contributed by atoms with van der Waals surface area (Å²) < 4.78 is 0. The average Bonchev–Trinajstić information content (AvgIpc) is 2.33. The van der Waals surface area contributed by atoms with Crippen LogP contribution in [0.25, 0.3) is 5.57 Å². The maximum atomic E-state index is 4.06. The molecule has 0 aliphatic rings. The summed E-state index contributed by atoms with van der Waals surface area (Å²) in [5, 5.41) is 6.88. The Balaban J connectivity index is 3.01. The number of nitrogens with one attached hydrogen (secondary N) is 1. The molecule has 2 nitrogen and oxygen atoms in total. The SMILES string of the molecule is C=C(C)c1n[nH]cc1CC. The van der Waals surface area contributed by atoms with Gasteiger partial charge in [-0.2, -0.15) is 5.10 Å². The molecular weight excluding hydrogens is 124 g/mol. The van der Waals surface area contributed by atoms with Gasteiger partial charge in [-0.05, 0) is 24.5 Å². The van der Waals surface area contributed by atoms with Gasteiger partial charge in [-0.15, -0.1) is 0 Å². The molecule has 2 heteroatoms. The van der Waals surface area contributed by atoms with Crippen LogP contribution in [0.2, 0.25) is 0 Å². The van der Waals surface area contributed by atoms with Crippen molar-refractivity contribution in [2.45, 2.75) is 20.3 Å². The van der Waals surface area contributed by atoms with E-state index in [-0.39, 0.29) is 0 Å². The van der Waals surface area contributed by atoms with Crippen LogP contribution in [0.1, 0.15) is 25.1 Å². The molecule has 54 valence electrons. The summed E-state index contributed by atoms with van der Waals surface area (Å²) in [4.78, 5) is 0. The van der Waals surface area contributed by atoms with Crippen LogP contribution < -0.4 is 0 Å². The van der Waals surface area contributed by atoms with Crippen LogP contribution in [0, 0.1) is 0 Å². The van der Waals surface area contributed by atoms with E-state index in [0.717, 1.165) is 17.7 Å². The fourth-order valence-corrected chi connectivity index (χ4v) is 0.954. The third kappa shape index (κ3) is 1.10. The highest BCUT2D eigenvalue weighted by Gasteiger charge is 2.02. The van der Waals surface area contributed by atoms with Gasteiger partial charge in [0.1, 0.15) is 0 Å². The van der Waals surface area contributed by atoms with E-state index in [2.05, 4.69) is 23.7 Å². The van der Waals surface area contributed by atoms with Crippen LogP contribution in [0.15, 0.2) is 12.8 Å². The molecule has 0 saturated heterocycles. The van der Waals surface area contributed by atoms with Crippen molar-refractivity contribution in [2.75, 3.05) is 0 Å². The number of allylic oxidation sites excluding steroid dienone is 1. The lowest BCUT2D eigenvalue weighted by Gasteiger charge is -1.94. The van der Waals surface area contributed by atoms with E-state index in [9.17, 15) is 0 Å². The van der Waals surface area contributed by atoms with Gasteiger partial charge in [-0.25, -0.2) is 0 Å². The number of hydrogen-bond acceptors (Lipinski definition) is 1. The molecule has 0 bridgehead atoms. The van der Waals surface area contributed by atoms with Gasteiger partial charge in [0.2, 0.25) is 0 Å². The lowest BCUT2D eigenvalue weighted by Crippen LogP contribution is -1.84. The molecule has 0 spiro atoms. The highest BCUT2D eigenvalue weighted by Crippen LogP contribution is 2.13. The van der Waals surface area contributed by atoms with Crippen LogP contribution >= 0.6 is 0 Å². The van der Waals surface area contributed by atoms with E-state index in [1.807, 2.05) is 13.1 Å². The number of rotatable bonds is 2. The van der Waals surface area contributed by atoms with Gasteiger partial charge in [0, 0.05) is 6.20 Å². The van der Waals surface area contributed by atoms with Crippen molar-refractivity contribution >= 4 is 5.57 Å². The lowest BCUT2D eigenvalue weighted by atomic mass is 10.1. The molecule has 0 aliphatic carbocycles. The number of aromatic amines is 1. The molecule has 0 amide bonds. The molecular formula is C8H12N2. The zero-order valence-corrected chi connectivity index (χ0v) is 6.44. The summed E-state index contributed by atoms with van der Waals surface area (Å²) in [5.41, 5.74) is 3.29. The molecule has 0 radical (unpaired) electrons. The summed E-state index contributed by atoms with van der Waals surface area (Å²) in [6, 6.07) is 0. The van der Waals surface area contributed by atoms with Crippen LogP contribution in [-0.2, 0) is 6.42 Å². The Bertz CT molecular complexity index is 235. The van der Waals surface area contributed by atoms with E-state index >= 15 is 0 Å². The minimum atomic E-state index is 1.01. The zero-order valence-electron chi connectivity index (χ0n) is 6.44. The van der Waals surface area contributed by atoms with Crippen molar-refractivity contribution in [3.8, 4) is 0 Å². The van der Waals surface area contributed by atoms with Crippen LogP contribution in [0.5, 0.6) is 0 Å². The standard InChI is InChI=1S/C8H12N2/c1-4-7-5-9-10-8(7)6(2)3/h5H,2,4H2,1,3H3,(H,9,10). The Morgan fingerprint density at radius 3 is 2.90 bits per heavy atom. The molecule has 1 heterocycles. The first kappa shape index (κ1) is 7.06. The van der Waals surface area contributed by atoms with Gasteiger partial charge >= 0.3 is 0 Å². The second kappa shape index (κ2) is 2.69. The molecule has 0 aromatic carbocycles. The van der Waals surface area contributed by atoms with Crippen molar-refractivity contribution in [1.82, 2.24) is 10.2 Å². The highest BCUT2D eigenvalue weighted by molar-refractivity contribution is 5.60. The van der Waals surface area contributed by atoms with E-state index in [0.29, 0.717) is 0 Å². The molecule has 0 unspecified atom stereocenters. The van der Waals surface area contributed by atoms with Gasteiger partial charge < -0.3 is 0 Å². The molecule has 0 saturated carbocycles. The monoisotopic (exact) mass is 136 g/mol. The van der Waals surface area contributed by atoms with E-state index < -0.39 is 0 Å². The number of aryl methyl sites for hydroxylation is 1. The number of aromatic nitrogens is 2. The van der Waals surface area contributed by atoms with Crippen LogP contribution in [0.3, 0.4) is 0 Å². The van der Waals surface area contributed by atoms with Crippen molar-refractivity contribution < 1.29 is 0 Å². The van der Waals surface area contributed by atoms with E-state index in [1.165, 1.54) is 5.56 Å². The second-order valence-electron chi connectivity index (χ2n) is 2.39. The van der Waals surface area contributed by atoms with Crippen LogP contribution in [-0.4, -0.2) is 10.2 Å². The van der Waals surface area contributed by atoms with E-state index in [4.69, 9.17) is 0 Å². The number of nitrogens with zero attached hydrogens (tertiary/aromatic N) is 1. The maximum absolute atomic E-state index is 4.06. The molecule has 1 N–H and O–H groups in total. The number of H-pyrrole nitrogens is 1. The average molecular weight is 136 g/mol. The molecule has 1 aromatic heterocycles. The first-order chi connectivity index (χ1) is 4.75. The minimum Gasteiger partial charge on any atom is -0.285 e. The maximum Gasteiger partial charge on any atom is 0.0903 e. The van der Waals surface area contributed by atoms with Gasteiger partial charge in [-0.3, -0.25) is 5.10 Å². The van der Waals surface area contributed by atoms with Crippen molar-refractivity contribution in [3.63, 3.8) is 0 Å². The Hall–Kier alpha value is -1.05. The lowest BCUT2D eigenvalue weighted by molar-refractivity contribution is 1.07. The fourth-order valence-electron chi connectivity index (χ4n) is 0.954. The molecule has 1 aromatic rings. The minimum absolute atomic E-state index is 1.01. The van der Waals surface area contributed by atoms with Gasteiger partial charge in [0.15, 0.2) is 0 Å². The smallest absolute Gasteiger partial charge is 0.0903 e. The first-order valence-corrected chi connectivity index (χ1v) is 3.44. The molecule has 0 atom stereocenters. The quantitative estimate of drug-likeness (QED) is 0.661. The molecule has 10 heavy (non-hydrogen) atoms. The third-order valence-corrected chi connectivity index (χ3v) is 1.50. The summed E-state index contributed by atoms with van der Waals surface area (Å²) in [5.74, 6) is 0. The fraction of sp³-hybridized carbons (Fsp3) is 0.375. The summed E-state index contributed by atoms with van der Waals surface area (Å²) in [7, 11) is 0. The van der Waals surface area contributed by atoms with Gasteiger partial charge in [-0.1, -0.05) is 13.5 Å². The molecule has 1 rings (SSSR count). The highest BCUT2D eigenvalue weighted by atomic mass is 15.1. The third-order valence-electron chi connectivity index (χ3n) is 1.50. The topological polar surface area (TPSA) is 28.7 Å². The second-order valence-corrected chi connectivity index (χ2v) is 2.39. The Labute approximate surface area is 61.0 Å². The Kier molecular flexibility index (Phi) is 1.90. The molecule has 0 aliphatic heterocycles. The largest absolute Gasteiger partial charge is 0.285 e. The van der Waals surface area contributed by atoms with Crippen molar-refractivity contribution in [2.24, 2.45) is 0 Å². The predicted octanol–water partition coefficient (Wildman–Crippen LogP) is 2.01. The summed E-state index contributed by atoms with van der Waals surface area (Å²) in [6.07, 6.45) is 2.93. The number of hydrogen-bond donors (Lipinski definition) is 1. The van der Waals surface area contributed by atoms with Gasteiger partial charge in [0.25, 0.3) is 0 Å². The molecule has 0 fully saturated rings. The Morgan fingerprint density at radius 2 is 2.50 bits per heavy atom. The Morgan fingerprint density at radius 1 is 1.80 bits per heavy atom. The van der Waals surface area contributed by atoms with Crippen molar-refractivity contribution in [3.05, 3.63) is 24.0 Å². The van der Waals surface area contributed by atoms with Crippen LogP contribution in [0.4, 0.5) is 0 Å². The van der Waals surface area contributed by atoms with Crippen molar-refractivity contribution in [1.29, 1.82) is 0 Å². The first-order valence-electron chi connectivity index (χ1n) is 3.44. The van der Waals surface area contributed by atoms with E-state index in [1.54, 1.807) is 0 Å². The normalized spacial score (nSPS) is 9.80. The van der Waals surface area contributed by atoms with Gasteiger partial charge in [0.05, 0.1) is 5.69 Å². The summed E-state index contributed by atoms with van der Waals surface area (Å²) >= 11 is 0. The predicted molar refractivity (Wildman–Crippen MR) is 42.7 cm³/mol. The zero-order chi connectivity index (χ0) is 7.56. The summed E-state index contributed by atoms with van der Waals surface area (Å²) in [6.45, 7) is 7.90.